The van der Waals surface area contributed by atoms with E-state index in [2.05, 4.69) is 52.4 Å². The van der Waals surface area contributed by atoms with Crippen molar-refractivity contribution >= 4 is 21.8 Å². The third-order valence-electron chi connectivity index (χ3n) is 3.86. The summed E-state index contributed by atoms with van der Waals surface area (Å²) in [5.74, 6) is 0.0789. The van der Waals surface area contributed by atoms with Crippen LogP contribution in [0.1, 0.15) is 30.4 Å². The summed E-state index contributed by atoms with van der Waals surface area (Å²) in [5, 5.41) is 2.94. The lowest BCUT2D eigenvalue weighted by atomic mass is 10.1. The number of pyridine rings is 1. The highest BCUT2D eigenvalue weighted by atomic mass is 79.9. The van der Waals surface area contributed by atoms with E-state index in [4.69, 9.17) is 0 Å². The highest BCUT2D eigenvalue weighted by molar-refractivity contribution is 9.10. The lowest BCUT2D eigenvalue weighted by molar-refractivity contribution is -0.121. The number of rotatable bonds is 8. The van der Waals surface area contributed by atoms with Crippen LogP contribution in [0.25, 0.3) is 0 Å². The average Bonchev–Trinajstić information content (AvgIpc) is 2.57. The molecule has 2 aromatic rings. The number of nitrogens with one attached hydrogen (secondary N) is 1. The summed E-state index contributed by atoms with van der Waals surface area (Å²) >= 11 is 3.36. The Hall–Kier alpha value is -1.88. The van der Waals surface area contributed by atoms with Crippen LogP contribution < -0.4 is 10.9 Å². The Morgan fingerprint density at radius 3 is 2.62 bits per heavy atom. The number of amides is 1. The average molecular weight is 391 g/mol. The molecule has 1 amide bonds. The molecular weight excluding hydrogens is 368 g/mol. The highest BCUT2D eigenvalue weighted by Gasteiger charge is 2.02. The first-order chi connectivity index (χ1) is 11.5. The Morgan fingerprint density at radius 1 is 1.12 bits per heavy atom. The van der Waals surface area contributed by atoms with Crippen molar-refractivity contribution in [3.8, 4) is 0 Å². The fraction of sp³-hybridized carbons (Fsp3) is 0.368. The normalized spacial score (nSPS) is 10.6. The molecule has 1 heterocycles. The molecule has 0 atom stereocenters. The van der Waals surface area contributed by atoms with Gasteiger partial charge in [-0.05, 0) is 53.7 Å². The standard InChI is InChI=1S/C19H23BrN2O2/c1-15-4-6-16(7-5-15)8-10-18(23)21-12-2-3-13-22-14-17(20)9-11-19(22)24/h4-7,9,11,14H,2-3,8,10,12-13H2,1H3,(H,21,23). The van der Waals surface area contributed by atoms with Gasteiger partial charge in [0.05, 0.1) is 0 Å². The maximum atomic E-state index is 11.8. The number of unbranched alkanes of at least 4 members (excludes halogenated alkanes) is 1. The van der Waals surface area contributed by atoms with Gasteiger partial charge in [-0.25, -0.2) is 0 Å². The number of carbonyl (C=O) groups excluding carboxylic acids is 1. The molecule has 0 aliphatic rings. The minimum atomic E-state index is 0.000309. The van der Waals surface area contributed by atoms with Crippen LogP contribution in [-0.4, -0.2) is 17.0 Å². The second kappa shape index (κ2) is 9.42. The minimum Gasteiger partial charge on any atom is -0.356 e. The number of halogens is 1. The van der Waals surface area contributed by atoms with Crippen LogP contribution in [-0.2, 0) is 17.8 Å². The molecule has 0 spiro atoms. The molecule has 1 aromatic heterocycles. The predicted molar refractivity (Wildman–Crippen MR) is 100 cm³/mol. The van der Waals surface area contributed by atoms with Crippen molar-refractivity contribution < 1.29 is 4.79 Å². The molecule has 0 saturated heterocycles. The summed E-state index contributed by atoms with van der Waals surface area (Å²) < 4.78 is 2.58. The van der Waals surface area contributed by atoms with Gasteiger partial charge in [-0.15, -0.1) is 0 Å². The van der Waals surface area contributed by atoms with E-state index in [-0.39, 0.29) is 11.5 Å². The third kappa shape index (κ3) is 6.32. The van der Waals surface area contributed by atoms with E-state index >= 15 is 0 Å². The molecule has 1 N–H and O–H groups in total. The van der Waals surface area contributed by atoms with E-state index in [0.29, 0.717) is 19.5 Å². The van der Waals surface area contributed by atoms with E-state index in [1.165, 1.54) is 11.1 Å². The fourth-order valence-electron chi connectivity index (χ4n) is 2.41. The van der Waals surface area contributed by atoms with Gasteiger partial charge in [-0.3, -0.25) is 9.59 Å². The van der Waals surface area contributed by atoms with Crippen molar-refractivity contribution in [3.05, 3.63) is 68.5 Å². The van der Waals surface area contributed by atoms with Crippen molar-refractivity contribution in [2.45, 2.75) is 39.2 Å². The molecule has 2 rings (SSSR count). The summed E-state index contributed by atoms with van der Waals surface area (Å²) in [5.41, 5.74) is 2.41. The number of hydrogen-bond acceptors (Lipinski definition) is 2. The number of carbonyl (C=O) groups is 1. The first-order valence-electron chi connectivity index (χ1n) is 8.23. The maximum Gasteiger partial charge on any atom is 0.250 e. The topological polar surface area (TPSA) is 51.1 Å². The van der Waals surface area contributed by atoms with Crippen molar-refractivity contribution in [1.29, 1.82) is 0 Å². The number of aryl methyl sites for hydroxylation is 3. The monoisotopic (exact) mass is 390 g/mol. The predicted octanol–water partition coefficient (Wildman–Crippen LogP) is 3.45. The van der Waals surface area contributed by atoms with Crippen molar-refractivity contribution in [3.63, 3.8) is 0 Å². The van der Waals surface area contributed by atoms with Gasteiger partial charge in [0.25, 0.3) is 5.56 Å². The minimum absolute atomic E-state index is 0.000309. The third-order valence-corrected chi connectivity index (χ3v) is 4.33. The van der Waals surface area contributed by atoms with Gasteiger partial charge in [-0.1, -0.05) is 29.8 Å². The molecule has 4 nitrogen and oxygen atoms in total. The van der Waals surface area contributed by atoms with Gasteiger partial charge in [0.2, 0.25) is 5.91 Å². The second-order valence-corrected chi connectivity index (χ2v) is 6.84. The lowest BCUT2D eigenvalue weighted by Gasteiger charge is -2.07. The van der Waals surface area contributed by atoms with Crippen molar-refractivity contribution in [2.24, 2.45) is 0 Å². The van der Waals surface area contributed by atoms with Crippen molar-refractivity contribution in [2.75, 3.05) is 6.54 Å². The Kier molecular flexibility index (Phi) is 7.25. The number of hydrogen-bond donors (Lipinski definition) is 1. The van der Waals surface area contributed by atoms with Crippen LogP contribution in [0.4, 0.5) is 0 Å². The quantitative estimate of drug-likeness (QED) is 0.701. The summed E-state index contributed by atoms with van der Waals surface area (Å²) in [6.07, 6.45) is 4.78. The van der Waals surface area contributed by atoms with E-state index in [1.54, 1.807) is 22.9 Å². The van der Waals surface area contributed by atoms with Gasteiger partial charge >= 0.3 is 0 Å². The lowest BCUT2D eigenvalue weighted by Crippen LogP contribution is -2.25. The first kappa shape index (κ1) is 18.5. The molecule has 1 aromatic carbocycles. The zero-order valence-electron chi connectivity index (χ0n) is 13.9. The molecular formula is C19H23BrN2O2. The molecule has 0 unspecified atom stereocenters. The molecule has 128 valence electrons. The molecule has 24 heavy (non-hydrogen) atoms. The van der Waals surface area contributed by atoms with Gasteiger partial charge in [0.1, 0.15) is 0 Å². The van der Waals surface area contributed by atoms with Gasteiger partial charge in [0.15, 0.2) is 0 Å². The molecule has 0 aliphatic carbocycles. The number of nitrogens with zero attached hydrogens (tertiary/aromatic N) is 1. The van der Waals surface area contributed by atoms with Crippen molar-refractivity contribution in [1.82, 2.24) is 9.88 Å². The van der Waals surface area contributed by atoms with Crippen LogP contribution in [0.15, 0.2) is 51.9 Å². The Morgan fingerprint density at radius 2 is 1.88 bits per heavy atom. The van der Waals surface area contributed by atoms with E-state index in [9.17, 15) is 9.59 Å². The van der Waals surface area contributed by atoms with E-state index in [1.807, 2.05) is 0 Å². The van der Waals surface area contributed by atoms with Crippen LogP contribution in [0, 0.1) is 6.92 Å². The Labute approximate surface area is 151 Å². The summed E-state index contributed by atoms with van der Waals surface area (Å²) in [7, 11) is 0. The van der Waals surface area contributed by atoms with E-state index < -0.39 is 0 Å². The SMILES string of the molecule is Cc1ccc(CCC(=O)NCCCCn2cc(Br)ccc2=O)cc1. The first-order valence-corrected chi connectivity index (χ1v) is 9.02. The highest BCUT2D eigenvalue weighted by Crippen LogP contribution is 2.06. The van der Waals surface area contributed by atoms with E-state index in [0.717, 1.165) is 23.7 Å². The fourth-order valence-corrected chi connectivity index (χ4v) is 2.79. The van der Waals surface area contributed by atoms with Crippen LogP contribution >= 0.6 is 15.9 Å². The maximum absolute atomic E-state index is 11.8. The van der Waals surface area contributed by atoms with Gasteiger partial charge in [0, 0.05) is 36.2 Å². The van der Waals surface area contributed by atoms with Crippen LogP contribution in [0.3, 0.4) is 0 Å². The Bertz CT molecular complexity index is 723. The van der Waals surface area contributed by atoms with Gasteiger partial charge in [-0.2, -0.15) is 0 Å². The zero-order chi connectivity index (χ0) is 17.4. The Balaban J connectivity index is 1.61. The summed E-state index contributed by atoms with van der Waals surface area (Å²) in [6.45, 7) is 3.37. The number of aromatic nitrogens is 1. The second-order valence-electron chi connectivity index (χ2n) is 5.92. The molecule has 5 heteroatoms. The smallest absolute Gasteiger partial charge is 0.250 e. The number of benzene rings is 1. The molecule has 0 radical (unpaired) electrons. The summed E-state index contributed by atoms with van der Waals surface area (Å²) in [4.78, 5) is 23.5. The molecule has 0 saturated carbocycles. The summed E-state index contributed by atoms with van der Waals surface area (Å²) in [6, 6.07) is 11.6. The zero-order valence-corrected chi connectivity index (χ0v) is 15.5. The largest absolute Gasteiger partial charge is 0.356 e. The van der Waals surface area contributed by atoms with Crippen LogP contribution in [0.5, 0.6) is 0 Å². The molecule has 0 aliphatic heterocycles. The van der Waals surface area contributed by atoms with Gasteiger partial charge < -0.3 is 9.88 Å². The molecule has 0 bridgehead atoms. The molecule has 0 fully saturated rings. The van der Waals surface area contributed by atoms with Crippen LogP contribution in [0.2, 0.25) is 0 Å².